The van der Waals surface area contributed by atoms with Crippen LogP contribution in [0.15, 0.2) is 0 Å². The zero-order valence-electron chi connectivity index (χ0n) is 7.73. The molecule has 4 N–H and O–H groups in total. The second-order valence-corrected chi connectivity index (χ2v) is 3.75. The average Bonchev–Trinajstić information content (AvgIpc) is 2.48. The lowest BCUT2D eigenvalue weighted by molar-refractivity contribution is -0.00179. The highest BCUT2D eigenvalue weighted by Gasteiger charge is 2.28. The molecule has 0 spiro atoms. The maximum Gasteiger partial charge on any atom is 0.0973 e. The quantitative estimate of drug-likeness (QED) is 0.416. The maximum atomic E-state index is 9.43. The third-order valence-electron chi connectivity index (χ3n) is 2.14. The van der Waals surface area contributed by atoms with Crippen molar-refractivity contribution in [3.05, 3.63) is 0 Å². The van der Waals surface area contributed by atoms with E-state index in [0.717, 1.165) is 0 Å². The Morgan fingerprint density at radius 3 is 2.69 bits per heavy atom. The Kier molecular flexibility index (Phi) is 3.63. The molecule has 13 heavy (non-hydrogen) atoms. The van der Waals surface area contributed by atoms with Crippen LogP contribution in [0.3, 0.4) is 0 Å². The smallest absolute Gasteiger partial charge is 0.0973 e. The molecule has 1 aliphatic rings. The van der Waals surface area contributed by atoms with Gasteiger partial charge in [-0.15, -0.1) is 0 Å². The van der Waals surface area contributed by atoms with Crippen LogP contribution in [-0.4, -0.2) is 59.4 Å². The second kappa shape index (κ2) is 4.34. The van der Waals surface area contributed by atoms with Gasteiger partial charge in [0.15, 0.2) is 0 Å². The van der Waals surface area contributed by atoms with Gasteiger partial charge >= 0.3 is 0 Å². The number of hydrogen-bond acceptors (Lipinski definition) is 5. The van der Waals surface area contributed by atoms with E-state index in [1.807, 2.05) is 0 Å². The van der Waals surface area contributed by atoms with Gasteiger partial charge < -0.3 is 25.4 Å². The molecular formula is C8H17NO4. The van der Waals surface area contributed by atoms with Crippen molar-refractivity contribution in [1.29, 1.82) is 0 Å². The van der Waals surface area contributed by atoms with Gasteiger partial charge in [0.05, 0.1) is 37.6 Å². The van der Waals surface area contributed by atoms with E-state index in [9.17, 15) is 10.2 Å². The topological polar surface area (TPSA) is 82.0 Å². The first-order valence-electron chi connectivity index (χ1n) is 4.37. The molecule has 0 amide bonds. The second-order valence-electron chi connectivity index (χ2n) is 3.75. The lowest BCUT2D eigenvalue weighted by Crippen LogP contribution is -2.48. The molecule has 0 radical (unpaired) electrons. The molecule has 3 atom stereocenters. The summed E-state index contributed by atoms with van der Waals surface area (Å²) in [5.74, 6) is 0. The molecule has 1 aliphatic heterocycles. The van der Waals surface area contributed by atoms with E-state index in [2.05, 4.69) is 5.32 Å². The summed E-state index contributed by atoms with van der Waals surface area (Å²) in [5, 5.41) is 30.4. The first-order valence-corrected chi connectivity index (χ1v) is 4.37. The SMILES string of the molecule is CC(O)(CO)CNC1COCC1O. The Labute approximate surface area is 77.3 Å². The van der Waals surface area contributed by atoms with Crippen molar-refractivity contribution in [2.24, 2.45) is 0 Å². The molecule has 0 aromatic rings. The normalized spacial score (nSPS) is 33.2. The van der Waals surface area contributed by atoms with Crippen molar-refractivity contribution in [2.45, 2.75) is 24.7 Å². The zero-order valence-corrected chi connectivity index (χ0v) is 7.73. The summed E-state index contributed by atoms with van der Waals surface area (Å²) in [5.41, 5.74) is -1.14. The number of ether oxygens (including phenoxy) is 1. The van der Waals surface area contributed by atoms with Gasteiger partial charge in [0.2, 0.25) is 0 Å². The molecule has 78 valence electrons. The molecule has 1 fully saturated rings. The van der Waals surface area contributed by atoms with Crippen molar-refractivity contribution in [1.82, 2.24) is 5.32 Å². The minimum atomic E-state index is -1.14. The van der Waals surface area contributed by atoms with E-state index in [-0.39, 0.29) is 19.2 Å². The summed E-state index contributed by atoms with van der Waals surface area (Å²) in [7, 11) is 0. The average molecular weight is 191 g/mol. The molecule has 1 rings (SSSR count). The summed E-state index contributed by atoms with van der Waals surface area (Å²) < 4.78 is 5.01. The lowest BCUT2D eigenvalue weighted by atomic mass is 10.1. The van der Waals surface area contributed by atoms with Crippen LogP contribution in [0.25, 0.3) is 0 Å². The Morgan fingerprint density at radius 1 is 1.54 bits per heavy atom. The van der Waals surface area contributed by atoms with E-state index in [1.54, 1.807) is 0 Å². The largest absolute Gasteiger partial charge is 0.393 e. The lowest BCUT2D eigenvalue weighted by Gasteiger charge is -2.24. The van der Waals surface area contributed by atoms with Gasteiger partial charge in [-0.2, -0.15) is 0 Å². The van der Waals surface area contributed by atoms with Gasteiger partial charge in [0.25, 0.3) is 0 Å². The van der Waals surface area contributed by atoms with Crippen LogP contribution < -0.4 is 5.32 Å². The number of hydrogen-bond donors (Lipinski definition) is 4. The van der Waals surface area contributed by atoms with E-state index in [1.165, 1.54) is 6.92 Å². The van der Waals surface area contributed by atoms with E-state index < -0.39 is 11.7 Å². The summed E-state index contributed by atoms with van der Waals surface area (Å²) in [4.78, 5) is 0. The number of nitrogens with one attached hydrogen (secondary N) is 1. The molecule has 0 saturated carbocycles. The Bertz CT molecular complexity index is 162. The van der Waals surface area contributed by atoms with Gasteiger partial charge in [-0.1, -0.05) is 0 Å². The Hall–Kier alpha value is -0.200. The molecule has 5 nitrogen and oxygen atoms in total. The zero-order chi connectivity index (χ0) is 9.90. The summed E-state index contributed by atoms with van der Waals surface area (Å²) in [6.07, 6.45) is -0.519. The molecule has 0 aromatic heterocycles. The number of aliphatic hydroxyl groups excluding tert-OH is 2. The Balaban J connectivity index is 2.25. The third kappa shape index (κ3) is 3.21. The van der Waals surface area contributed by atoms with E-state index in [4.69, 9.17) is 9.84 Å². The molecule has 0 aromatic carbocycles. The minimum Gasteiger partial charge on any atom is -0.393 e. The number of rotatable bonds is 4. The molecule has 1 heterocycles. The van der Waals surface area contributed by atoms with Crippen molar-refractivity contribution >= 4 is 0 Å². The molecule has 5 heteroatoms. The monoisotopic (exact) mass is 191 g/mol. The van der Waals surface area contributed by atoms with Crippen LogP contribution in [0.5, 0.6) is 0 Å². The van der Waals surface area contributed by atoms with Crippen LogP contribution in [0.4, 0.5) is 0 Å². The van der Waals surface area contributed by atoms with Crippen LogP contribution in [0.2, 0.25) is 0 Å². The van der Waals surface area contributed by atoms with Gasteiger partial charge in [-0.25, -0.2) is 0 Å². The molecule has 3 unspecified atom stereocenters. The highest BCUT2D eigenvalue weighted by atomic mass is 16.5. The maximum absolute atomic E-state index is 9.43. The van der Waals surface area contributed by atoms with Gasteiger partial charge in [0.1, 0.15) is 0 Å². The fraction of sp³-hybridized carbons (Fsp3) is 1.00. The van der Waals surface area contributed by atoms with E-state index >= 15 is 0 Å². The number of aliphatic hydroxyl groups is 3. The van der Waals surface area contributed by atoms with Crippen LogP contribution >= 0.6 is 0 Å². The standard InChI is InChI=1S/C8H17NO4/c1-8(12,5-10)4-9-6-2-13-3-7(6)11/h6-7,9-12H,2-5H2,1H3. The van der Waals surface area contributed by atoms with Crippen LogP contribution in [0.1, 0.15) is 6.92 Å². The first kappa shape index (κ1) is 10.9. The van der Waals surface area contributed by atoms with E-state index in [0.29, 0.717) is 13.2 Å². The summed E-state index contributed by atoms with van der Waals surface area (Å²) in [6.45, 7) is 2.25. The predicted octanol–water partition coefficient (Wildman–Crippen LogP) is -1.92. The molecule has 0 aliphatic carbocycles. The highest BCUT2D eigenvalue weighted by Crippen LogP contribution is 2.07. The first-order chi connectivity index (χ1) is 6.05. The summed E-state index contributed by atoms with van der Waals surface area (Å²) >= 11 is 0. The van der Waals surface area contributed by atoms with Crippen molar-refractivity contribution in [2.75, 3.05) is 26.4 Å². The molecule has 1 saturated heterocycles. The predicted molar refractivity (Wildman–Crippen MR) is 46.3 cm³/mol. The van der Waals surface area contributed by atoms with Crippen molar-refractivity contribution in [3.63, 3.8) is 0 Å². The molecule has 0 bridgehead atoms. The highest BCUT2D eigenvalue weighted by molar-refractivity contribution is 4.84. The van der Waals surface area contributed by atoms with Gasteiger partial charge in [-0.3, -0.25) is 0 Å². The van der Waals surface area contributed by atoms with Crippen LogP contribution in [0, 0.1) is 0 Å². The van der Waals surface area contributed by atoms with Gasteiger partial charge in [0, 0.05) is 6.54 Å². The molecular weight excluding hydrogens is 174 g/mol. The van der Waals surface area contributed by atoms with Crippen LogP contribution in [-0.2, 0) is 4.74 Å². The third-order valence-corrected chi connectivity index (χ3v) is 2.14. The fourth-order valence-corrected chi connectivity index (χ4v) is 1.14. The van der Waals surface area contributed by atoms with Crippen molar-refractivity contribution < 1.29 is 20.1 Å². The minimum absolute atomic E-state index is 0.141. The summed E-state index contributed by atoms with van der Waals surface area (Å²) in [6, 6.07) is -0.141. The van der Waals surface area contributed by atoms with Crippen molar-refractivity contribution in [3.8, 4) is 0 Å². The fourth-order valence-electron chi connectivity index (χ4n) is 1.14. The Morgan fingerprint density at radius 2 is 2.23 bits per heavy atom. The van der Waals surface area contributed by atoms with Gasteiger partial charge in [-0.05, 0) is 6.92 Å².